The first kappa shape index (κ1) is 45.7. The third-order valence-electron chi connectivity index (χ3n) is 9.89. The molecule has 0 saturated carbocycles. The van der Waals surface area contributed by atoms with Crippen LogP contribution in [0.2, 0.25) is 0 Å². The molecule has 0 radical (unpaired) electrons. The van der Waals surface area contributed by atoms with Crippen molar-refractivity contribution in [3.05, 3.63) is 82.9 Å². The molecule has 10 N–H and O–H groups in total. The highest BCUT2D eigenvalue weighted by Crippen LogP contribution is 2.40. The van der Waals surface area contributed by atoms with Gasteiger partial charge in [-0.25, -0.2) is 0 Å². The molecule has 16 heteroatoms. The Balaban J connectivity index is 1.84. The molecule has 0 saturated heterocycles. The van der Waals surface area contributed by atoms with Crippen molar-refractivity contribution in [3.63, 3.8) is 0 Å². The summed E-state index contributed by atoms with van der Waals surface area (Å²) in [7, 11) is 1.45. The van der Waals surface area contributed by atoms with Crippen LogP contribution in [0.4, 0.5) is 0 Å². The van der Waals surface area contributed by atoms with Gasteiger partial charge in [0.15, 0.2) is 0 Å². The number of nitrogens with two attached hydrogens (primary N) is 3. The second kappa shape index (κ2) is 22.8. The molecule has 16 nitrogen and oxygen atoms in total. The van der Waals surface area contributed by atoms with Crippen molar-refractivity contribution in [3.8, 4) is 28.7 Å². The third kappa shape index (κ3) is 12.5. The minimum atomic E-state index is -1.34. The molecule has 0 aliphatic carbocycles. The van der Waals surface area contributed by atoms with E-state index >= 15 is 0 Å². The number of hydrogen-bond acceptors (Lipinski definition) is 11. The van der Waals surface area contributed by atoms with Gasteiger partial charge in [-0.2, -0.15) is 5.26 Å². The zero-order valence-electron chi connectivity index (χ0n) is 34.1. The Bertz CT molecular complexity index is 1970. The zero-order chi connectivity index (χ0) is 42.9. The summed E-state index contributed by atoms with van der Waals surface area (Å²) in [4.78, 5) is 70.8. The molecule has 316 valence electrons. The van der Waals surface area contributed by atoms with E-state index in [0.29, 0.717) is 45.7 Å². The summed E-state index contributed by atoms with van der Waals surface area (Å²) < 4.78 is 12.2. The van der Waals surface area contributed by atoms with E-state index in [1.807, 2.05) is 18.2 Å². The van der Waals surface area contributed by atoms with E-state index in [9.17, 15) is 24.0 Å². The number of hydrogen-bond donors (Lipinski definition) is 7. The number of nitriles is 1. The van der Waals surface area contributed by atoms with Gasteiger partial charge in [-0.15, -0.1) is 0 Å². The van der Waals surface area contributed by atoms with E-state index in [2.05, 4.69) is 28.2 Å². The number of carbonyl (C=O) groups is 5. The molecule has 0 aromatic heterocycles. The van der Waals surface area contributed by atoms with Crippen LogP contribution in [0.1, 0.15) is 72.6 Å². The van der Waals surface area contributed by atoms with Crippen LogP contribution in [-0.4, -0.2) is 99.0 Å². The molecule has 5 amide bonds. The topological polar surface area (TPSA) is 257 Å². The smallest absolute Gasteiger partial charge is 0.251 e. The van der Waals surface area contributed by atoms with Gasteiger partial charge in [0.25, 0.3) is 5.91 Å². The third-order valence-corrected chi connectivity index (χ3v) is 9.89. The Morgan fingerprint density at radius 3 is 2.19 bits per heavy atom. The van der Waals surface area contributed by atoms with E-state index in [1.165, 1.54) is 18.9 Å². The molecule has 3 aromatic carbocycles. The molecule has 4 rings (SSSR count). The molecule has 0 spiro atoms. The number of aryl methyl sites for hydroxylation is 1. The zero-order valence-corrected chi connectivity index (χ0v) is 34.1. The largest absolute Gasteiger partial charge is 0.492 e. The number of rotatable bonds is 18. The molecule has 4 bridgehead atoms. The Labute approximate surface area is 345 Å². The van der Waals surface area contributed by atoms with Gasteiger partial charge in [-0.3, -0.25) is 24.0 Å². The number of carbonyl (C=O) groups excluding carboxylic acids is 5. The summed E-state index contributed by atoms with van der Waals surface area (Å²) in [5, 5.41) is 19.9. The Morgan fingerprint density at radius 2 is 1.56 bits per heavy atom. The predicted octanol–water partition coefficient (Wildman–Crippen LogP) is 1.59. The monoisotopic (exact) mass is 811 g/mol. The highest BCUT2D eigenvalue weighted by molar-refractivity contribution is 5.99. The normalized spacial score (nSPS) is 16.9. The standard InChI is InChI=1S/C43H57N9O7/c1-4-5-7-28-9-12-30(13-10-28)40(54)50-34(8-6-17-44)43(57)52(3)38-31-14-16-37(59-23-20-47)33(26-31)32-24-29(11-15-36(32)58-22-19-46)25-35(41(55)48-21-18-45)51-39(53)27(2)49-42(38)56/h9-16,24,26-27,34-35,38H,4-8,17,19-23,25,44,46-47H2,1-3H3,(H,48,55)(H,49,56)(H,50,54)(H,51,53)/t27-,34-,35-,38-/m0/s1. The summed E-state index contributed by atoms with van der Waals surface area (Å²) in [6.45, 7) is 4.27. The Morgan fingerprint density at radius 1 is 0.898 bits per heavy atom. The van der Waals surface area contributed by atoms with E-state index in [0.717, 1.165) is 24.8 Å². The van der Waals surface area contributed by atoms with Gasteiger partial charge in [0.2, 0.25) is 23.6 Å². The number of benzene rings is 3. The van der Waals surface area contributed by atoms with Gasteiger partial charge in [0, 0.05) is 43.2 Å². The lowest BCUT2D eigenvalue weighted by atomic mass is 9.93. The second-order valence-corrected chi connectivity index (χ2v) is 14.3. The summed E-state index contributed by atoms with van der Waals surface area (Å²) in [5.41, 5.74) is 20.9. The van der Waals surface area contributed by atoms with E-state index in [1.54, 1.807) is 48.5 Å². The van der Waals surface area contributed by atoms with Crippen molar-refractivity contribution in [2.75, 3.05) is 46.4 Å². The predicted molar refractivity (Wildman–Crippen MR) is 223 cm³/mol. The number of likely N-dealkylation sites (N-methyl/N-ethyl adjacent to an activating group) is 1. The molecular weight excluding hydrogens is 755 g/mol. The van der Waals surface area contributed by atoms with E-state index in [4.69, 9.17) is 31.9 Å². The van der Waals surface area contributed by atoms with Crippen LogP contribution in [0.15, 0.2) is 60.7 Å². The highest BCUT2D eigenvalue weighted by atomic mass is 16.5. The molecule has 1 aliphatic heterocycles. The first-order valence-electron chi connectivity index (χ1n) is 20.0. The van der Waals surface area contributed by atoms with Crippen molar-refractivity contribution in [2.45, 2.75) is 76.5 Å². The number of unbranched alkanes of at least 4 members (excludes halogenated alkanes) is 1. The van der Waals surface area contributed by atoms with Crippen LogP contribution < -0.4 is 47.9 Å². The van der Waals surface area contributed by atoms with Gasteiger partial charge < -0.3 is 52.8 Å². The van der Waals surface area contributed by atoms with Crippen LogP contribution in [0.3, 0.4) is 0 Å². The molecule has 4 atom stereocenters. The lowest BCUT2D eigenvalue weighted by molar-refractivity contribution is -0.141. The van der Waals surface area contributed by atoms with Gasteiger partial charge in [0.1, 0.15) is 55.4 Å². The average molecular weight is 812 g/mol. The first-order valence-corrected chi connectivity index (χ1v) is 20.0. The highest BCUT2D eigenvalue weighted by Gasteiger charge is 2.36. The van der Waals surface area contributed by atoms with Crippen LogP contribution >= 0.6 is 0 Å². The summed E-state index contributed by atoms with van der Waals surface area (Å²) in [6.07, 6.45) is 3.56. The fourth-order valence-electron chi connectivity index (χ4n) is 6.73. The fourth-order valence-corrected chi connectivity index (χ4v) is 6.73. The molecular formula is C43H57N9O7. The molecule has 59 heavy (non-hydrogen) atoms. The SMILES string of the molecule is CCCCc1ccc(C(=O)N[C@@H](CCCN)C(=O)N(C)[C@@H]2C(=O)N[C@@H](C)C(=O)N[C@H](C(=O)NCC#N)Cc3ccc(OCCN)c(c3)-c3cc2ccc3OCCN)cc1. The van der Waals surface area contributed by atoms with Crippen molar-refractivity contribution >= 4 is 29.5 Å². The number of nitrogens with one attached hydrogen (secondary N) is 4. The Hall–Kier alpha value is -6.02. The maximum Gasteiger partial charge on any atom is 0.251 e. The minimum Gasteiger partial charge on any atom is -0.492 e. The van der Waals surface area contributed by atoms with E-state index in [-0.39, 0.29) is 52.2 Å². The number of ether oxygens (including phenoxy) is 2. The van der Waals surface area contributed by atoms with Crippen LogP contribution in [0.5, 0.6) is 11.5 Å². The molecule has 1 heterocycles. The fraction of sp³-hybridized carbons (Fsp3) is 0.442. The molecule has 0 unspecified atom stereocenters. The first-order chi connectivity index (χ1) is 28.4. The van der Waals surface area contributed by atoms with Crippen LogP contribution in [0.25, 0.3) is 11.1 Å². The van der Waals surface area contributed by atoms with Crippen LogP contribution in [-0.2, 0) is 32.0 Å². The number of amides is 5. The van der Waals surface area contributed by atoms with Crippen molar-refractivity contribution in [1.29, 1.82) is 5.26 Å². The summed E-state index contributed by atoms with van der Waals surface area (Å²) in [5.74, 6) is -2.22. The van der Waals surface area contributed by atoms with Crippen LogP contribution in [0, 0.1) is 11.3 Å². The molecule has 3 aromatic rings. The van der Waals surface area contributed by atoms with E-state index < -0.39 is 53.7 Å². The number of nitrogens with zero attached hydrogens (tertiary/aromatic N) is 2. The van der Waals surface area contributed by atoms with Crippen molar-refractivity contribution in [1.82, 2.24) is 26.2 Å². The second-order valence-electron chi connectivity index (χ2n) is 14.3. The van der Waals surface area contributed by atoms with Gasteiger partial charge in [0.05, 0.1) is 6.07 Å². The maximum atomic E-state index is 14.6. The molecule has 0 fully saturated rings. The van der Waals surface area contributed by atoms with Crippen molar-refractivity contribution in [2.24, 2.45) is 17.2 Å². The Kier molecular flexibility index (Phi) is 17.7. The quantitative estimate of drug-likeness (QED) is 0.0908. The summed E-state index contributed by atoms with van der Waals surface area (Å²) >= 11 is 0. The average Bonchev–Trinajstić information content (AvgIpc) is 3.24. The lowest BCUT2D eigenvalue weighted by Gasteiger charge is -2.32. The van der Waals surface area contributed by atoms with Gasteiger partial charge in [-0.05, 0) is 92.2 Å². The van der Waals surface area contributed by atoms with Crippen molar-refractivity contribution < 1.29 is 33.4 Å². The van der Waals surface area contributed by atoms with Gasteiger partial charge >= 0.3 is 0 Å². The number of fused-ring (bicyclic) bond motifs is 5. The minimum absolute atomic E-state index is 0.0191. The van der Waals surface area contributed by atoms with Gasteiger partial charge in [-0.1, -0.05) is 37.6 Å². The lowest BCUT2D eigenvalue weighted by Crippen LogP contribution is -2.56. The maximum absolute atomic E-state index is 14.6. The molecule has 1 aliphatic rings. The summed E-state index contributed by atoms with van der Waals surface area (Å²) in [6, 6.07) is 14.6.